The van der Waals surface area contributed by atoms with Crippen LogP contribution in [0.5, 0.6) is 0 Å². The second-order valence-electron chi connectivity index (χ2n) is 5.93. The zero-order valence-corrected chi connectivity index (χ0v) is 13.8. The average molecular weight is 328 g/mol. The van der Waals surface area contributed by atoms with Gasteiger partial charge >= 0.3 is 5.69 Å². The molecule has 8 nitrogen and oxygen atoms in total. The van der Waals surface area contributed by atoms with Crippen LogP contribution in [0.25, 0.3) is 0 Å². The Kier molecular flexibility index (Phi) is 4.57. The van der Waals surface area contributed by atoms with Crippen molar-refractivity contribution in [3.05, 3.63) is 46.3 Å². The highest BCUT2D eigenvalue weighted by molar-refractivity contribution is 5.74. The fraction of sp³-hybridized carbons (Fsp3) is 0.375. The molecule has 0 amide bonds. The molecule has 24 heavy (non-hydrogen) atoms. The van der Waals surface area contributed by atoms with Crippen molar-refractivity contribution < 1.29 is 4.92 Å². The van der Waals surface area contributed by atoms with Crippen LogP contribution in [0.3, 0.4) is 0 Å². The van der Waals surface area contributed by atoms with Gasteiger partial charge in [-0.3, -0.25) is 10.1 Å². The molecule has 1 aromatic carbocycles. The first-order valence-electron chi connectivity index (χ1n) is 7.81. The first-order chi connectivity index (χ1) is 11.5. The highest BCUT2D eigenvalue weighted by Crippen LogP contribution is 2.33. The number of likely N-dealkylation sites (N-methyl/N-ethyl adjacent to an activating group) is 1. The molecule has 1 fully saturated rings. The Balaban J connectivity index is 1.93. The van der Waals surface area contributed by atoms with Crippen LogP contribution in [0.1, 0.15) is 5.56 Å². The Morgan fingerprint density at radius 3 is 2.42 bits per heavy atom. The lowest BCUT2D eigenvalue weighted by Crippen LogP contribution is -2.45. The van der Waals surface area contributed by atoms with E-state index < -0.39 is 4.92 Å². The minimum atomic E-state index is -0.413. The maximum atomic E-state index is 11.6. The second kappa shape index (κ2) is 6.79. The van der Waals surface area contributed by atoms with E-state index >= 15 is 0 Å². The van der Waals surface area contributed by atoms with E-state index in [2.05, 4.69) is 20.2 Å². The van der Waals surface area contributed by atoms with Crippen molar-refractivity contribution in [1.29, 1.82) is 0 Å². The lowest BCUT2D eigenvalue weighted by molar-refractivity contribution is -0.383. The average Bonchev–Trinajstić information content (AvgIpc) is 2.57. The van der Waals surface area contributed by atoms with Gasteiger partial charge in [0, 0.05) is 31.9 Å². The quantitative estimate of drug-likeness (QED) is 0.680. The van der Waals surface area contributed by atoms with Gasteiger partial charge in [-0.1, -0.05) is 17.7 Å². The monoisotopic (exact) mass is 328 g/mol. The van der Waals surface area contributed by atoms with Gasteiger partial charge in [0.05, 0.1) is 4.92 Å². The van der Waals surface area contributed by atoms with E-state index in [-0.39, 0.29) is 11.5 Å². The molecule has 1 aliphatic heterocycles. The summed E-state index contributed by atoms with van der Waals surface area (Å²) in [6, 6.07) is 7.63. The minimum absolute atomic E-state index is 0.0809. The zero-order chi connectivity index (χ0) is 17.1. The van der Waals surface area contributed by atoms with Crippen molar-refractivity contribution in [1.82, 2.24) is 14.9 Å². The number of anilines is 3. The molecule has 0 unspecified atom stereocenters. The standard InChI is InChI=1S/C16H20N6O2/c1-12-3-5-13(6-4-12)19-15-14(22(23)24)16(18-11-17-15)21-9-7-20(2)8-10-21/h3-6,11H,7-10H2,1-2H3,(H,17,18,19). The molecule has 1 aliphatic rings. The number of nitrogens with zero attached hydrogens (tertiary/aromatic N) is 5. The third kappa shape index (κ3) is 3.43. The number of aromatic nitrogens is 2. The van der Waals surface area contributed by atoms with Crippen LogP contribution in [0.2, 0.25) is 0 Å². The van der Waals surface area contributed by atoms with Crippen LogP contribution in [-0.4, -0.2) is 53.0 Å². The third-order valence-electron chi connectivity index (χ3n) is 4.10. The molecule has 8 heteroatoms. The number of rotatable bonds is 4. The zero-order valence-electron chi connectivity index (χ0n) is 13.8. The van der Waals surface area contributed by atoms with Gasteiger partial charge in [-0.2, -0.15) is 0 Å². The number of hydrogen-bond donors (Lipinski definition) is 1. The Morgan fingerprint density at radius 1 is 1.12 bits per heavy atom. The van der Waals surface area contributed by atoms with Gasteiger partial charge < -0.3 is 15.1 Å². The van der Waals surface area contributed by atoms with E-state index in [4.69, 9.17) is 0 Å². The molecule has 0 saturated carbocycles. The van der Waals surface area contributed by atoms with Crippen LogP contribution in [0.4, 0.5) is 23.0 Å². The number of hydrogen-bond acceptors (Lipinski definition) is 7. The maximum Gasteiger partial charge on any atom is 0.353 e. The Bertz CT molecular complexity index is 726. The van der Waals surface area contributed by atoms with Gasteiger partial charge in [0.2, 0.25) is 11.6 Å². The van der Waals surface area contributed by atoms with E-state index in [0.29, 0.717) is 18.9 Å². The lowest BCUT2D eigenvalue weighted by Gasteiger charge is -2.32. The first kappa shape index (κ1) is 16.1. The number of benzene rings is 1. The van der Waals surface area contributed by atoms with E-state index in [1.807, 2.05) is 43.1 Å². The molecule has 126 valence electrons. The summed E-state index contributed by atoms with van der Waals surface area (Å²) < 4.78 is 0. The summed E-state index contributed by atoms with van der Waals surface area (Å²) in [5.41, 5.74) is 1.80. The number of nitro groups is 1. The smallest absolute Gasteiger partial charge is 0.348 e. The highest BCUT2D eigenvalue weighted by Gasteiger charge is 2.28. The van der Waals surface area contributed by atoms with Crippen LogP contribution >= 0.6 is 0 Å². The summed E-state index contributed by atoms with van der Waals surface area (Å²) in [6.45, 7) is 5.10. The predicted molar refractivity (Wildman–Crippen MR) is 92.9 cm³/mol. The van der Waals surface area contributed by atoms with Crippen molar-refractivity contribution in [2.75, 3.05) is 43.4 Å². The molecule has 0 atom stereocenters. The van der Waals surface area contributed by atoms with Gasteiger partial charge in [-0.05, 0) is 26.1 Å². The minimum Gasteiger partial charge on any atom is -0.348 e. The van der Waals surface area contributed by atoms with Crippen molar-refractivity contribution in [2.24, 2.45) is 0 Å². The van der Waals surface area contributed by atoms with Crippen LogP contribution in [0, 0.1) is 17.0 Å². The molecule has 0 radical (unpaired) electrons. The molecule has 1 saturated heterocycles. The Morgan fingerprint density at radius 2 is 1.79 bits per heavy atom. The van der Waals surface area contributed by atoms with Crippen molar-refractivity contribution >= 4 is 23.0 Å². The summed E-state index contributed by atoms with van der Waals surface area (Å²) in [5, 5.41) is 14.7. The maximum absolute atomic E-state index is 11.6. The molecule has 0 aliphatic carbocycles. The summed E-state index contributed by atoms with van der Waals surface area (Å²) >= 11 is 0. The van der Waals surface area contributed by atoms with Gasteiger partial charge in [-0.25, -0.2) is 9.97 Å². The molecule has 1 aromatic heterocycles. The van der Waals surface area contributed by atoms with E-state index in [1.54, 1.807) is 0 Å². The third-order valence-corrected chi connectivity index (χ3v) is 4.10. The molecule has 0 bridgehead atoms. The molecular weight excluding hydrogens is 308 g/mol. The normalized spacial score (nSPS) is 15.3. The van der Waals surface area contributed by atoms with Crippen LogP contribution in [-0.2, 0) is 0 Å². The predicted octanol–water partition coefficient (Wildman–Crippen LogP) is 2.19. The largest absolute Gasteiger partial charge is 0.353 e. The summed E-state index contributed by atoms with van der Waals surface area (Å²) in [5.74, 6) is 0.588. The van der Waals surface area contributed by atoms with Gasteiger partial charge in [-0.15, -0.1) is 0 Å². The van der Waals surface area contributed by atoms with Crippen molar-refractivity contribution in [3.8, 4) is 0 Å². The molecular formula is C16H20N6O2. The van der Waals surface area contributed by atoms with E-state index in [9.17, 15) is 10.1 Å². The number of piperazine rings is 1. The fourth-order valence-corrected chi connectivity index (χ4v) is 2.65. The molecule has 1 N–H and O–H groups in total. The van der Waals surface area contributed by atoms with E-state index in [1.165, 1.54) is 6.33 Å². The van der Waals surface area contributed by atoms with Gasteiger partial charge in [0.15, 0.2) is 0 Å². The number of aryl methyl sites for hydroxylation is 1. The SMILES string of the molecule is Cc1ccc(Nc2ncnc(N3CCN(C)CC3)c2[N+](=O)[O-])cc1. The Labute approximate surface area is 140 Å². The molecule has 2 heterocycles. The fourth-order valence-electron chi connectivity index (χ4n) is 2.65. The lowest BCUT2D eigenvalue weighted by atomic mass is 10.2. The van der Waals surface area contributed by atoms with Gasteiger partial charge in [0.1, 0.15) is 6.33 Å². The van der Waals surface area contributed by atoms with Crippen LogP contribution in [0.15, 0.2) is 30.6 Å². The van der Waals surface area contributed by atoms with E-state index in [0.717, 1.165) is 24.3 Å². The second-order valence-corrected chi connectivity index (χ2v) is 5.93. The highest BCUT2D eigenvalue weighted by atomic mass is 16.6. The summed E-state index contributed by atoms with van der Waals surface area (Å²) in [7, 11) is 2.04. The van der Waals surface area contributed by atoms with Crippen LogP contribution < -0.4 is 10.2 Å². The van der Waals surface area contributed by atoms with Crippen molar-refractivity contribution in [2.45, 2.75) is 6.92 Å². The number of nitrogens with one attached hydrogen (secondary N) is 1. The molecule has 0 spiro atoms. The van der Waals surface area contributed by atoms with Crippen molar-refractivity contribution in [3.63, 3.8) is 0 Å². The molecule has 2 aromatic rings. The van der Waals surface area contributed by atoms with Gasteiger partial charge in [0.25, 0.3) is 0 Å². The molecule has 3 rings (SSSR count). The summed E-state index contributed by atoms with van der Waals surface area (Å²) in [4.78, 5) is 23.6. The Hall–Kier alpha value is -2.74. The summed E-state index contributed by atoms with van der Waals surface area (Å²) in [6.07, 6.45) is 1.37. The topological polar surface area (TPSA) is 87.4 Å². The first-order valence-corrected chi connectivity index (χ1v) is 7.81.